The molecule has 1 fully saturated rings. The minimum atomic E-state index is -0.195. The van der Waals surface area contributed by atoms with E-state index in [0.29, 0.717) is 24.5 Å². The van der Waals surface area contributed by atoms with E-state index in [1.165, 1.54) is 0 Å². The molecular weight excluding hydrogens is 418 g/mol. The van der Waals surface area contributed by atoms with Crippen LogP contribution >= 0.6 is 0 Å². The number of carbonyl (C=O) groups excluding carboxylic acids is 2. The third kappa shape index (κ3) is 5.85. The van der Waals surface area contributed by atoms with Gasteiger partial charge in [0.1, 0.15) is 13.2 Å². The first-order valence-electron chi connectivity index (χ1n) is 11.8. The van der Waals surface area contributed by atoms with Gasteiger partial charge in [0.2, 0.25) is 5.91 Å². The number of hydrogen-bond acceptors (Lipinski definition) is 5. The van der Waals surface area contributed by atoms with Gasteiger partial charge in [0.25, 0.3) is 5.91 Å². The number of ether oxygens (including phenoxy) is 2. The summed E-state index contributed by atoms with van der Waals surface area (Å²) >= 11 is 0. The Hall–Kier alpha value is -3.06. The molecule has 2 aromatic rings. The third-order valence-corrected chi connectivity index (χ3v) is 6.21. The molecule has 1 heterocycles. The van der Waals surface area contributed by atoms with Crippen molar-refractivity contribution >= 4 is 17.5 Å². The summed E-state index contributed by atoms with van der Waals surface area (Å²) < 4.78 is 11.3. The van der Waals surface area contributed by atoms with Gasteiger partial charge in [-0.1, -0.05) is 44.9 Å². The highest BCUT2D eigenvalue weighted by molar-refractivity contribution is 6.04. The Morgan fingerprint density at radius 1 is 1.00 bits per heavy atom. The molecule has 7 heteroatoms. The molecule has 0 spiro atoms. The van der Waals surface area contributed by atoms with Crippen LogP contribution in [0.5, 0.6) is 11.5 Å². The molecule has 2 aliphatic rings. The molecule has 33 heavy (non-hydrogen) atoms. The predicted molar refractivity (Wildman–Crippen MR) is 128 cm³/mol. The van der Waals surface area contributed by atoms with Crippen LogP contribution in [0.4, 0.5) is 5.69 Å². The van der Waals surface area contributed by atoms with Gasteiger partial charge in [-0.25, -0.2) is 0 Å². The van der Waals surface area contributed by atoms with Crippen molar-refractivity contribution < 1.29 is 19.1 Å². The number of nitrogens with one attached hydrogen (secondary N) is 3. The van der Waals surface area contributed by atoms with Gasteiger partial charge >= 0.3 is 0 Å². The smallest absolute Gasteiger partial charge is 0.253 e. The normalized spacial score (nSPS) is 16.5. The fraction of sp³-hybridized carbons (Fsp3) is 0.462. The van der Waals surface area contributed by atoms with Gasteiger partial charge in [0.05, 0.1) is 17.8 Å². The largest absolute Gasteiger partial charge is 0.486 e. The SMILES string of the molecule is CC(C)[C@@H](NCC(=O)Nc1ccccc1C(=O)NC1CCCC1)c1ccc2c(c1)OCCO2. The first-order chi connectivity index (χ1) is 16.0. The number of benzene rings is 2. The molecule has 1 saturated carbocycles. The third-order valence-electron chi connectivity index (χ3n) is 6.21. The summed E-state index contributed by atoms with van der Waals surface area (Å²) in [6.07, 6.45) is 4.33. The number of fused-ring (bicyclic) bond motifs is 1. The molecule has 7 nitrogen and oxygen atoms in total. The number of para-hydroxylation sites is 1. The van der Waals surface area contributed by atoms with E-state index in [9.17, 15) is 9.59 Å². The first-order valence-corrected chi connectivity index (χ1v) is 11.8. The van der Waals surface area contributed by atoms with E-state index >= 15 is 0 Å². The summed E-state index contributed by atoms with van der Waals surface area (Å²) in [5.41, 5.74) is 2.06. The monoisotopic (exact) mass is 451 g/mol. The summed E-state index contributed by atoms with van der Waals surface area (Å²) in [5, 5.41) is 9.36. The molecule has 0 unspecified atom stereocenters. The maximum Gasteiger partial charge on any atom is 0.253 e. The molecule has 1 aliphatic heterocycles. The van der Waals surface area contributed by atoms with Gasteiger partial charge in [-0.2, -0.15) is 0 Å². The number of carbonyl (C=O) groups is 2. The van der Waals surface area contributed by atoms with E-state index in [-0.39, 0.29) is 36.4 Å². The molecule has 2 aromatic carbocycles. The van der Waals surface area contributed by atoms with Crippen molar-refractivity contribution in [3.8, 4) is 11.5 Å². The number of amides is 2. The minimum absolute atomic E-state index is 0.0347. The van der Waals surface area contributed by atoms with Gasteiger partial charge < -0.3 is 25.4 Å². The second kappa shape index (κ2) is 10.7. The van der Waals surface area contributed by atoms with E-state index in [1.54, 1.807) is 12.1 Å². The lowest BCUT2D eigenvalue weighted by molar-refractivity contribution is -0.115. The van der Waals surface area contributed by atoms with E-state index < -0.39 is 0 Å². The van der Waals surface area contributed by atoms with Crippen LogP contribution in [0, 0.1) is 5.92 Å². The lowest BCUT2D eigenvalue weighted by Gasteiger charge is -2.25. The highest BCUT2D eigenvalue weighted by Crippen LogP contribution is 2.34. The van der Waals surface area contributed by atoms with Crippen LogP contribution in [-0.4, -0.2) is 37.6 Å². The van der Waals surface area contributed by atoms with Crippen molar-refractivity contribution in [3.05, 3.63) is 53.6 Å². The van der Waals surface area contributed by atoms with Gasteiger partial charge in [0.15, 0.2) is 11.5 Å². The number of rotatable bonds is 8. The average molecular weight is 452 g/mol. The van der Waals surface area contributed by atoms with Crippen LogP contribution in [0.25, 0.3) is 0 Å². The second-order valence-electron chi connectivity index (χ2n) is 9.05. The highest BCUT2D eigenvalue weighted by atomic mass is 16.6. The van der Waals surface area contributed by atoms with Gasteiger partial charge in [-0.05, 0) is 48.6 Å². The van der Waals surface area contributed by atoms with E-state index in [4.69, 9.17) is 9.47 Å². The fourth-order valence-corrected chi connectivity index (χ4v) is 4.51. The van der Waals surface area contributed by atoms with Crippen molar-refractivity contribution in [2.75, 3.05) is 25.1 Å². The Morgan fingerprint density at radius 2 is 1.73 bits per heavy atom. The molecule has 2 amide bonds. The molecule has 1 atom stereocenters. The summed E-state index contributed by atoms with van der Waals surface area (Å²) in [4.78, 5) is 25.5. The summed E-state index contributed by atoms with van der Waals surface area (Å²) in [6, 6.07) is 13.2. The average Bonchev–Trinajstić information content (AvgIpc) is 3.32. The Bertz CT molecular complexity index is 985. The van der Waals surface area contributed by atoms with Crippen molar-refractivity contribution in [2.24, 2.45) is 5.92 Å². The molecule has 0 radical (unpaired) electrons. The Morgan fingerprint density at radius 3 is 2.48 bits per heavy atom. The van der Waals surface area contributed by atoms with Gasteiger partial charge in [-0.15, -0.1) is 0 Å². The van der Waals surface area contributed by atoms with Crippen molar-refractivity contribution in [1.29, 1.82) is 0 Å². The Labute approximate surface area is 195 Å². The highest BCUT2D eigenvalue weighted by Gasteiger charge is 2.22. The first kappa shape index (κ1) is 23.1. The van der Waals surface area contributed by atoms with Crippen LogP contribution in [0.15, 0.2) is 42.5 Å². The molecule has 4 rings (SSSR count). The van der Waals surface area contributed by atoms with Gasteiger partial charge in [0, 0.05) is 12.1 Å². The van der Waals surface area contributed by atoms with Gasteiger partial charge in [-0.3, -0.25) is 9.59 Å². The van der Waals surface area contributed by atoms with Crippen LogP contribution in [0.1, 0.15) is 61.5 Å². The minimum Gasteiger partial charge on any atom is -0.486 e. The van der Waals surface area contributed by atoms with E-state index in [1.807, 2.05) is 30.3 Å². The topological polar surface area (TPSA) is 88.7 Å². The molecule has 0 bridgehead atoms. The standard InChI is InChI=1S/C26H33N3O4/c1-17(2)25(18-11-12-22-23(15-18)33-14-13-32-22)27-16-24(30)29-21-10-6-5-9-20(21)26(31)28-19-7-3-4-8-19/h5-6,9-12,15,17,19,25,27H,3-4,7-8,13-14,16H2,1-2H3,(H,28,31)(H,29,30)/t25-/m1/s1. The van der Waals surface area contributed by atoms with Crippen molar-refractivity contribution in [1.82, 2.24) is 10.6 Å². The van der Waals surface area contributed by atoms with Crippen molar-refractivity contribution in [2.45, 2.75) is 51.6 Å². The zero-order valence-corrected chi connectivity index (χ0v) is 19.4. The molecule has 1 aliphatic carbocycles. The lowest BCUT2D eigenvalue weighted by atomic mass is 9.95. The van der Waals surface area contributed by atoms with E-state index in [2.05, 4.69) is 29.8 Å². The quantitative estimate of drug-likeness (QED) is 0.563. The Balaban J connectivity index is 1.38. The lowest BCUT2D eigenvalue weighted by Crippen LogP contribution is -2.35. The maximum atomic E-state index is 12.8. The predicted octanol–water partition coefficient (Wildman–Crippen LogP) is 4.06. The molecule has 0 saturated heterocycles. The van der Waals surface area contributed by atoms with Crippen LogP contribution < -0.4 is 25.4 Å². The fourth-order valence-electron chi connectivity index (χ4n) is 4.51. The van der Waals surface area contributed by atoms with Crippen molar-refractivity contribution in [3.63, 3.8) is 0 Å². The number of anilines is 1. The molecule has 0 aromatic heterocycles. The summed E-state index contributed by atoms with van der Waals surface area (Å²) in [6.45, 7) is 5.42. The molecular formula is C26H33N3O4. The Kier molecular flexibility index (Phi) is 7.50. The number of hydrogen-bond donors (Lipinski definition) is 3. The maximum absolute atomic E-state index is 12.8. The summed E-state index contributed by atoms with van der Waals surface area (Å²) in [5.74, 6) is 1.40. The van der Waals surface area contributed by atoms with Crippen LogP contribution in [0.3, 0.4) is 0 Å². The van der Waals surface area contributed by atoms with E-state index in [0.717, 1.165) is 42.7 Å². The molecule has 176 valence electrons. The zero-order chi connectivity index (χ0) is 23.2. The second-order valence-corrected chi connectivity index (χ2v) is 9.05. The summed E-state index contributed by atoms with van der Waals surface area (Å²) in [7, 11) is 0. The van der Waals surface area contributed by atoms with Crippen LogP contribution in [-0.2, 0) is 4.79 Å². The zero-order valence-electron chi connectivity index (χ0n) is 19.4. The molecule has 3 N–H and O–H groups in total. The van der Waals surface area contributed by atoms with Crippen LogP contribution in [0.2, 0.25) is 0 Å².